The van der Waals surface area contributed by atoms with Gasteiger partial charge in [0.15, 0.2) is 0 Å². The van der Waals surface area contributed by atoms with Crippen molar-refractivity contribution in [3.8, 4) is 11.5 Å². The summed E-state index contributed by atoms with van der Waals surface area (Å²) in [6.07, 6.45) is 2.01. The molecule has 0 saturated carbocycles. The molecule has 1 atom stereocenters. The molecule has 2 aliphatic heterocycles. The van der Waals surface area contributed by atoms with E-state index in [0.717, 1.165) is 27.7 Å². The molecule has 6 rings (SSSR count). The van der Waals surface area contributed by atoms with Crippen LogP contribution < -0.4 is 9.47 Å². The molecule has 3 heterocycles. The van der Waals surface area contributed by atoms with E-state index in [2.05, 4.69) is 4.98 Å². The van der Waals surface area contributed by atoms with Gasteiger partial charge in [0.1, 0.15) is 23.6 Å². The monoisotopic (exact) mass is 641 g/mol. The Labute approximate surface area is 261 Å². The van der Waals surface area contributed by atoms with Gasteiger partial charge in [-0.1, -0.05) is 42.3 Å². The van der Waals surface area contributed by atoms with E-state index in [4.69, 9.17) is 32.7 Å². The lowest BCUT2D eigenvalue weighted by molar-refractivity contribution is 0.134. The average Bonchev–Trinajstić information content (AvgIpc) is 3.36. The largest absolute Gasteiger partial charge is 0.490 e. The summed E-state index contributed by atoms with van der Waals surface area (Å²) >= 11 is 12.4. The van der Waals surface area contributed by atoms with Gasteiger partial charge in [0.25, 0.3) is 0 Å². The van der Waals surface area contributed by atoms with E-state index in [1.165, 1.54) is 0 Å². The minimum absolute atomic E-state index is 0.0653. The first-order valence-corrected chi connectivity index (χ1v) is 16.9. The lowest BCUT2D eigenvalue weighted by Gasteiger charge is -2.35. The second kappa shape index (κ2) is 12.4. The molecule has 0 aliphatic carbocycles. The predicted octanol–water partition coefficient (Wildman–Crippen LogP) is 7.20. The van der Waals surface area contributed by atoms with Crippen molar-refractivity contribution >= 4 is 50.2 Å². The molecular formula is C32H33Cl2N3O5S. The highest BCUT2D eigenvalue weighted by atomic mass is 35.5. The Morgan fingerprint density at radius 1 is 0.930 bits per heavy atom. The Balaban J connectivity index is 1.24. The lowest BCUT2D eigenvalue weighted by Crippen LogP contribution is -2.42. The zero-order chi connectivity index (χ0) is 30.1. The number of fused-ring (bicyclic) bond motifs is 3. The number of hydrogen-bond donors (Lipinski definition) is 1. The van der Waals surface area contributed by atoms with Crippen LogP contribution in [0.4, 0.5) is 4.79 Å². The van der Waals surface area contributed by atoms with Gasteiger partial charge >= 0.3 is 6.09 Å². The number of hydrogen-bond acceptors (Lipinski definition) is 5. The smallest absolute Gasteiger partial charge is 0.416 e. The Kier molecular flexibility index (Phi) is 8.60. The number of amides is 1. The summed E-state index contributed by atoms with van der Waals surface area (Å²) in [5.41, 5.74) is 3.91. The van der Waals surface area contributed by atoms with E-state index in [-0.39, 0.29) is 11.9 Å². The van der Waals surface area contributed by atoms with Crippen molar-refractivity contribution in [2.75, 3.05) is 25.4 Å². The zero-order valence-corrected chi connectivity index (χ0v) is 26.1. The highest BCUT2D eigenvalue weighted by Crippen LogP contribution is 2.40. The molecule has 1 aromatic heterocycles. The van der Waals surface area contributed by atoms with Crippen molar-refractivity contribution in [2.24, 2.45) is 0 Å². The number of aromatic nitrogens is 1. The first-order chi connectivity index (χ1) is 20.7. The predicted molar refractivity (Wildman–Crippen MR) is 169 cm³/mol. The first kappa shape index (κ1) is 29.8. The van der Waals surface area contributed by atoms with E-state index in [1.54, 1.807) is 33.5 Å². The molecule has 2 aliphatic rings. The molecule has 8 nitrogen and oxygen atoms in total. The van der Waals surface area contributed by atoms with E-state index in [9.17, 15) is 13.2 Å². The van der Waals surface area contributed by atoms with E-state index in [0.29, 0.717) is 66.9 Å². The van der Waals surface area contributed by atoms with Crippen LogP contribution in [-0.4, -0.2) is 60.2 Å². The van der Waals surface area contributed by atoms with E-state index in [1.807, 2.05) is 49.4 Å². The van der Waals surface area contributed by atoms with Gasteiger partial charge in [0, 0.05) is 46.3 Å². The van der Waals surface area contributed by atoms with Crippen LogP contribution in [0.5, 0.6) is 11.5 Å². The molecule has 43 heavy (non-hydrogen) atoms. The van der Waals surface area contributed by atoms with Gasteiger partial charge in [-0.15, -0.1) is 0 Å². The minimum atomic E-state index is -3.20. The Hall–Kier alpha value is -3.24. The quantitative estimate of drug-likeness (QED) is 0.230. The number of nitrogens with one attached hydrogen (secondary N) is 1. The number of nitrogens with zero attached hydrogens (tertiary/aromatic N) is 2. The third kappa shape index (κ3) is 6.36. The van der Waals surface area contributed by atoms with Crippen molar-refractivity contribution < 1.29 is 22.7 Å². The number of H-pyrrole nitrogens is 1. The number of carbonyl (C=O) groups is 1. The molecule has 0 spiro atoms. The van der Waals surface area contributed by atoms with Crippen LogP contribution in [-0.2, 0) is 16.4 Å². The Bertz CT molecular complexity index is 1720. The summed E-state index contributed by atoms with van der Waals surface area (Å²) in [5.74, 6) is 1.30. The number of aromatic amines is 1. The number of piperidine rings is 1. The topological polar surface area (TPSA) is 91.9 Å². The summed E-state index contributed by atoms with van der Waals surface area (Å²) in [5, 5.41) is 2.27. The third-order valence-corrected chi connectivity index (χ3v) is 10.7. The van der Waals surface area contributed by atoms with Crippen molar-refractivity contribution in [1.82, 2.24) is 14.2 Å². The number of halogens is 2. The molecule has 0 radical (unpaired) electrons. The van der Waals surface area contributed by atoms with Crippen LogP contribution in [0.2, 0.25) is 10.0 Å². The maximum atomic E-state index is 13.5. The van der Waals surface area contributed by atoms with Crippen molar-refractivity contribution in [1.29, 1.82) is 0 Å². The molecule has 4 aromatic rings. The average molecular weight is 643 g/mol. The van der Waals surface area contributed by atoms with Gasteiger partial charge in [0.05, 0.1) is 5.75 Å². The van der Waals surface area contributed by atoms with Gasteiger partial charge in [-0.25, -0.2) is 17.5 Å². The lowest BCUT2D eigenvalue weighted by atomic mass is 9.92. The summed E-state index contributed by atoms with van der Waals surface area (Å²) in [4.78, 5) is 18.8. The molecule has 1 saturated heterocycles. The van der Waals surface area contributed by atoms with Gasteiger partial charge in [-0.05, 0) is 91.4 Å². The minimum Gasteiger partial charge on any atom is -0.490 e. The van der Waals surface area contributed by atoms with E-state index < -0.39 is 22.2 Å². The second-order valence-corrected chi connectivity index (χ2v) is 13.9. The third-order valence-electron chi connectivity index (χ3n) is 8.10. The van der Waals surface area contributed by atoms with Gasteiger partial charge in [-0.3, -0.25) is 4.90 Å². The summed E-state index contributed by atoms with van der Waals surface area (Å²) in [6.45, 7) is 3.26. The van der Waals surface area contributed by atoms with Crippen molar-refractivity contribution in [2.45, 2.75) is 44.8 Å². The van der Waals surface area contributed by atoms with Crippen LogP contribution >= 0.6 is 23.2 Å². The Morgan fingerprint density at radius 2 is 1.60 bits per heavy atom. The van der Waals surface area contributed by atoms with Gasteiger partial charge in [-0.2, -0.15) is 0 Å². The maximum absolute atomic E-state index is 13.5. The first-order valence-electron chi connectivity index (χ1n) is 14.5. The van der Waals surface area contributed by atoms with Gasteiger partial charge < -0.3 is 14.5 Å². The number of rotatable bonds is 7. The molecule has 0 bridgehead atoms. The number of ether oxygens (including phenoxy) is 2. The van der Waals surface area contributed by atoms with E-state index >= 15 is 0 Å². The molecule has 1 amide bonds. The molecule has 1 N–H and O–H groups in total. The number of sulfonamides is 1. The van der Waals surface area contributed by atoms with Crippen LogP contribution in [0.3, 0.4) is 0 Å². The normalized spacial score (nSPS) is 18.0. The summed E-state index contributed by atoms with van der Waals surface area (Å²) < 4.78 is 38.4. The highest BCUT2D eigenvalue weighted by molar-refractivity contribution is 7.89. The molecule has 226 valence electrons. The number of benzene rings is 3. The SMILES string of the molecule is CCCS(=O)(=O)N1CCC(Oc2ccc(C3c4[nH]c5ccc(Cl)cc5c4CCN3C(=O)Oc3ccc(Cl)cc3)cc2)CC1. The fourth-order valence-electron chi connectivity index (χ4n) is 6.00. The van der Waals surface area contributed by atoms with Crippen LogP contribution in [0.15, 0.2) is 66.7 Å². The second-order valence-electron chi connectivity index (χ2n) is 11.0. The van der Waals surface area contributed by atoms with Crippen LogP contribution in [0.25, 0.3) is 10.9 Å². The molecule has 11 heteroatoms. The van der Waals surface area contributed by atoms with Gasteiger partial charge in [0.2, 0.25) is 10.0 Å². The summed E-state index contributed by atoms with van der Waals surface area (Å²) in [7, 11) is -3.20. The van der Waals surface area contributed by atoms with Crippen LogP contribution in [0.1, 0.15) is 49.0 Å². The molecular weight excluding hydrogens is 609 g/mol. The fourth-order valence-corrected chi connectivity index (χ4v) is 7.84. The van der Waals surface area contributed by atoms with Crippen molar-refractivity contribution in [3.63, 3.8) is 0 Å². The summed E-state index contributed by atoms with van der Waals surface area (Å²) in [6, 6.07) is 19.8. The van der Waals surface area contributed by atoms with Crippen LogP contribution in [0, 0.1) is 0 Å². The molecule has 1 unspecified atom stereocenters. The molecule has 3 aromatic carbocycles. The standard InChI is InChI=1S/C32H33Cl2N3O5S/c1-2-19-43(39,40)36-16-13-26(14-17-36)41-24-8-3-21(4-9-24)31-30-27(28-20-23(34)7-12-29(28)35-30)15-18-37(31)32(38)42-25-10-5-22(33)6-11-25/h3-12,20,26,31,35H,2,13-19H2,1H3. The Morgan fingerprint density at radius 3 is 2.30 bits per heavy atom. The fraction of sp³-hybridized carbons (Fsp3) is 0.344. The molecule has 1 fully saturated rings. The highest BCUT2D eigenvalue weighted by Gasteiger charge is 2.36. The van der Waals surface area contributed by atoms with Crippen molar-refractivity contribution in [3.05, 3.63) is 93.6 Å². The zero-order valence-electron chi connectivity index (χ0n) is 23.8. The number of carbonyl (C=O) groups excluding carboxylic acids is 1. The maximum Gasteiger partial charge on any atom is 0.416 e.